The molecule has 0 heterocycles. The van der Waals surface area contributed by atoms with Crippen molar-refractivity contribution in [1.29, 1.82) is 0 Å². The number of nitrogens with two attached hydrogens (primary N) is 1. The average molecular weight is 341 g/mol. The van der Waals surface area contributed by atoms with Gasteiger partial charge in [0.15, 0.2) is 0 Å². The highest BCUT2D eigenvalue weighted by Gasteiger charge is 2.32. The molecule has 1 aromatic rings. The van der Waals surface area contributed by atoms with E-state index in [4.69, 9.17) is 10.8 Å². The zero-order chi connectivity index (χ0) is 14.7. The fourth-order valence-electron chi connectivity index (χ4n) is 2.70. The zero-order valence-corrected chi connectivity index (χ0v) is 12.5. The molecule has 2 atom stereocenters. The Balaban J connectivity index is 2.19. The fraction of sp³-hybridized carbons (Fsp3) is 0.429. The molecule has 2 rings (SSSR count). The predicted molar refractivity (Wildman–Crippen MR) is 79.6 cm³/mol. The van der Waals surface area contributed by atoms with Crippen molar-refractivity contribution in [3.05, 3.63) is 28.2 Å². The van der Waals surface area contributed by atoms with Gasteiger partial charge in [-0.15, -0.1) is 0 Å². The molecule has 0 radical (unpaired) electrons. The molecule has 0 aromatic heterocycles. The van der Waals surface area contributed by atoms with Gasteiger partial charge in [0.05, 0.1) is 11.3 Å². The van der Waals surface area contributed by atoms with E-state index in [2.05, 4.69) is 21.2 Å². The maximum Gasteiger partial charge on any atom is 0.337 e. The summed E-state index contributed by atoms with van der Waals surface area (Å²) in [5.74, 6) is -1.13. The number of rotatable bonds is 4. The van der Waals surface area contributed by atoms with Gasteiger partial charge in [-0.2, -0.15) is 0 Å². The highest BCUT2D eigenvalue weighted by molar-refractivity contribution is 9.10. The first-order valence-corrected chi connectivity index (χ1v) is 7.36. The lowest BCUT2D eigenvalue weighted by atomic mass is 9.95. The standard InChI is InChI=1S/C14H17BrN2O3/c15-9-4-5-11(14(19)20)12(6-9)17-13(18)10-3-1-2-8(10)7-16/h4-6,8,10H,1-3,7,16H2,(H,17,18)(H,19,20). The van der Waals surface area contributed by atoms with Crippen molar-refractivity contribution in [2.24, 2.45) is 17.6 Å². The van der Waals surface area contributed by atoms with Gasteiger partial charge >= 0.3 is 5.97 Å². The molecule has 4 N–H and O–H groups in total. The molecule has 1 saturated carbocycles. The predicted octanol–water partition coefficient (Wildman–Crippen LogP) is 2.46. The van der Waals surface area contributed by atoms with Gasteiger partial charge in [0.25, 0.3) is 0 Å². The van der Waals surface area contributed by atoms with Crippen molar-refractivity contribution < 1.29 is 14.7 Å². The average Bonchev–Trinajstić information content (AvgIpc) is 2.86. The minimum Gasteiger partial charge on any atom is -0.478 e. The van der Waals surface area contributed by atoms with Crippen molar-refractivity contribution in [3.63, 3.8) is 0 Å². The second kappa shape index (κ2) is 6.37. The number of benzene rings is 1. The van der Waals surface area contributed by atoms with Gasteiger partial charge in [-0.25, -0.2) is 4.79 Å². The summed E-state index contributed by atoms with van der Waals surface area (Å²) in [4.78, 5) is 23.5. The van der Waals surface area contributed by atoms with Gasteiger partial charge < -0.3 is 16.2 Å². The van der Waals surface area contributed by atoms with E-state index in [0.29, 0.717) is 12.2 Å². The van der Waals surface area contributed by atoms with Crippen molar-refractivity contribution in [2.75, 3.05) is 11.9 Å². The molecule has 1 fully saturated rings. The number of nitrogens with one attached hydrogen (secondary N) is 1. The summed E-state index contributed by atoms with van der Waals surface area (Å²) in [5, 5.41) is 11.9. The van der Waals surface area contributed by atoms with E-state index in [1.165, 1.54) is 6.07 Å². The molecule has 0 spiro atoms. The summed E-state index contributed by atoms with van der Waals surface area (Å²) in [6.45, 7) is 0.488. The third-order valence-corrected chi connectivity index (χ3v) is 4.26. The van der Waals surface area contributed by atoms with Gasteiger partial charge in [0.1, 0.15) is 0 Å². The number of anilines is 1. The van der Waals surface area contributed by atoms with Crippen LogP contribution in [-0.4, -0.2) is 23.5 Å². The first-order chi connectivity index (χ1) is 9.52. The first kappa shape index (κ1) is 15.0. The number of carboxylic acid groups (broad SMARTS) is 1. The van der Waals surface area contributed by atoms with Crippen LogP contribution in [0.25, 0.3) is 0 Å². The van der Waals surface area contributed by atoms with Crippen LogP contribution >= 0.6 is 15.9 Å². The minimum atomic E-state index is -1.06. The number of amides is 1. The Hall–Kier alpha value is -1.40. The van der Waals surface area contributed by atoms with E-state index in [1.54, 1.807) is 12.1 Å². The lowest BCUT2D eigenvalue weighted by Gasteiger charge is -2.18. The van der Waals surface area contributed by atoms with Crippen LogP contribution in [0, 0.1) is 11.8 Å². The third kappa shape index (κ3) is 3.19. The molecular weight excluding hydrogens is 324 g/mol. The van der Waals surface area contributed by atoms with Crippen molar-refractivity contribution in [2.45, 2.75) is 19.3 Å². The Morgan fingerprint density at radius 3 is 2.80 bits per heavy atom. The second-order valence-electron chi connectivity index (χ2n) is 5.02. The maximum absolute atomic E-state index is 12.3. The summed E-state index contributed by atoms with van der Waals surface area (Å²) in [5.41, 5.74) is 6.08. The van der Waals surface area contributed by atoms with Gasteiger partial charge in [0, 0.05) is 10.4 Å². The SMILES string of the molecule is NCC1CCCC1C(=O)Nc1cc(Br)ccc1C(=O)O. The molecule has 1 aliphatic rings. The van der Waals surface area contributed by atoms with Gasteiger partial charge in [-0.05, 0) is 43.5 Å². The van der Waals surface area contributed by atoms with Crippen molar-refractivity contribution >= 4 is 33.5 Å². The maximum atomic E-state index is 12.3. The number of carbonyl (C=O) groups is 2. The Morgan fingerprint density at radius 1 is 1.40 bits per heavy atom. The van der Waals surface area contributed by atoms with E-state index in [0.717, 1.165) is 23.7 Å². The normalized spacial score (nSPS) is 21.7. The van der Waals surface area contributed by atoms with Crippen LogP contribution in [0.3, 0.4) is 0 Å². The molecule has 5 nitrogen and oxygen atoms in total. The van der Waals surface area contributed by atoms with Crippen LogP contribution in [0.5, 0.6) is 0 Å². The third-order valence-electron chi connectivity index (χ3n) is 3.77. The molecule has 20 heavy (non-hydrogen) atoms. The Labute approximate surface area is 125 Å². The van der Waals surface area contributed by atoms with E-state index in [-0.39, 0.29) is 23.3 Å². The number of carbonyl (C=O) groups excluding carboxylic acids is 1. The van der Waals surface area contributed by atoms with Crippen LogP contribution < -0.4 is 11.1 Å². The van der Waals surface area contributed by atoms with E-state index in [9.17, 15) is 9.59 Å². The smallest absolute Gasteiger partial charge is 0.337 e. The van der Waals surface area contributed by atoms with Crippen LogP contribution in [0.2, 0.25) is 0 Å². The van der Waals surface area contributed by atoms with Crippen LogP contribution in [0.4, 0.5) is 5.69 Å². The number of hydrogen-bond acceptors (Lipinski definition) is 3. The quantitative estimate of drug-likeness (QED) is 0.784. The zero-order valence-electron chi connectivity index (χ0n) is 10.9. The van der Waals surface area contributed by atoms with Crippen molar-refractivity contribution in [3.8, 4) is 0 Å². The Kier molecular flexibility index (Phi) is 4.77. The van der Waals surface area contributed by atoms with Gasteiger partial charge in [0.2, 0.25) is 5.91 Å². The number of hydrogen-bond donors (Lipinski definition) is 3. The summed E-state index contributed by atoms with van der Waals surface area (Å²) < 4.78 is 0.722. The molecule has 6 heteroatoms. The molecule has 108 valence electrons. The largest absolute Gasteiger partial charge is 0.478 e. The van der Waals surface area contributed by atoms with Crippen LogP contribution in [-0.2, 0) is 4.79 Å². The van der Waals surface area contributed by atoms with E-state index < -0.39 is 5.97 Å². The van der Waals surface area contributed by atoms with Crippen LogP contribution in [0.1, 0.15) is 29.6 Å². The van der Waals surface area contributed by atoms with Gasteiger partial charge in [-0.3, -0.25) is 4.79 Å². The molecule has 1 aliphatic carbocycles. The summed E-state index contributed by atoms with van der Waals surface area (Å²) in [6, 6.07) is 4.71. The highest BCUT2D eigenvalue weighted by Crippen LogP contribution is 2.32. The van der Waals surface area contributed by atoms with E-state index in [1.807, 2.05) is 0 Å². The van der Waals surface area contributed by atoms with Crippen molar-refractivity contribution in [1.82, 2.24) is 0 Å². The molecular formula is C14H17BrN2O3. The topological polar surface area (TPSA) is 92.4 Å². The summed E-state index contributed by atoms with van der Waals surface area (Å²) in [7, 11) is 0. The monoisotopic (exact) mass is 340 g/mol. The second-order valence-corrected chi connectivity index (χ2v) is 5.93. The summed E-state index contributed by atoms with van der Waals surface area (Å²) >= 11 is 3.28. The van der Waals surface area contributed by atoms with E-state index >= 15 is 0 Å². The fourth-order valence-corrected chi connectivity index (χ4v) is 3.06. The lowest BCUT2D eigenvalue weighted by Crippen LogP contribution is -2.30. The molecule has 0 saturated heterocycles. The number of carboxylic acids is 1. The molecule has 2 unspecified atom stereocenters. The molecule has 0 aliphatic heterocycles. The minimum absolute atomic E-state index is 0.0869. The lowest BCUT2D eigenvalue weighted by molar-refractivity contribution is -0.120. The van der Waals surface area contributed by atoms with Gasteiger partial charge in [-0.1, -0.05) is 22.4 Å². The number of halogens is 1. The molecule has 1 amide bonds. The molecule has 0 bridgehead atoms. The first-order valence-electron chi connectivity index (χ1n) is 6.56. The molecule has 1 aromatic carbocycles. The van der Waals surface area contributed by atoms with Crippen LogP contribution in [0.15, 0.2) is 22.7 Å². The Bertz CT molecular complexity index is 533. The highest BCUT2D eigenvalue weighted by atomic mass is 79.9. The number of aromatic carboxylic acids is 1. The Morgan fingerprint density at radius 2 is 2.15 bits per heavy atom. The summed E-state index contributed by atoms with van der Waals surface area (Å²) in [6.07, 6.45) is 2.76.